The molecule has 0 atom stereocenters. The first-order chi connectivity index (χ1) is 8.44. The second kappa shape index (κ2) is 4.68. The van der Waals surface area contributed by atoms with E-state index in [4.69, 9.17) is 5.73 Å². The monoisotopic (exact) mass is 245 g/mol. The molecular weight excluding hydrogens is 226 g/mol. The molecule has 0 amide bonds. The van der Waals surface area contributed by atoms with E-state index in [1.807, 2.05) is 49.7 Å². The van der Waals surface area contributed by atoms with Gasteiger partial charge in [-0.05, 0) is 32.4 Å². The number of fused-ring (bicyclic) bond motifs is 1. The SMILES string of the molecule is CC(C)(C)NC(N)=NCc1ccc2cncn2c1. The van der Waals surface area contributed by atoms with Gasteiger partial charge in [0, 0.05) is 11.7 Å². The molecule has 0 spiro atoms. The lowest BCUT2D eigenvalue weighted by Gasteiger charge is -2.20. The maximum Gasteiger partial charge on any atom is 0.189 e. The summed E-state index contributed by atoms with van der Waals surface area (Å²) in [7, 11) is 0. The van der Waals surface area contributed by atoms with E-state index >= 15 is 0 Å². The highest BCUT2D eigenvalue weighted by Gasteiger charge is 2.09. The number of imidazole rings is 1. The first-order valence-electron chi connectivity index (χ1n) is 5.93. The van der Waals surface area contributed by atoms with Gasteiger partial charge in [0.25, 0.3) is 0 Å². The van der Waals surface area contributed by atoms with Crippen LogP contribution in [0, 0.1) is 0 Å². The van der Waals surface area contributed by atoms with Crippen LogP contribution in [-0.2, 0) is 6.54 Å². The van der Waals surface area contributed by atoms with E-state index in [1.54, 1.807) is 6.33 Å². The number of rotatable bonds is 2. The van der Waals surface area contributed by atoms with E-state index in [1.165, 1.54) is 0 Å². The lowest BCUT2D eigenvalue weighted by atomic mass is 10.1. The van der Waals surface area contributed by atoms with Gasteiger partial charge in [0.2, 0.25) is 0 Å². The largest absolute Gasteiger partial charge is 0.370 e. The third kappa shape index (κ3) is 3.23. The van der Waals surface area contributed by atoms with Crippen molar-refractivity contribution < 1.29 is 0 Å². The van der Waals surface area contributed by atoms with E-state index in [9.17, 15) is 0 Å². The number of aromatic nitrogens is 2. The number of guanidine groups is 1. The summed E-state index contributed by atoms with van der Waals surface area (Å²) in [5.74, 6) is 0.466. The molecule has 0 aliphatic heterocycles. The number of pyridine rings is 1. The summed E-state index contributed by atoms with van der Waals surface area (Å²) in [5, 5.41) is 3.13. The van der Waals surface area contributed by atoms with Crippen LogP contribution in [0.25, 0.3) is 5.52 Å². The molecule has 0 saturated heterocycles. The Morgan fingerprint density at radius 3 is 2.94 bits per heavy atom. The van der Waals surface area contributed by atoms with Gasteiger partial charge in [0.1, 0.15) is 0 Å². The molecule has 0 radical (unpaired) electrons. The van der Waals surface area contributed by atoms with Crippen LogP contribution in [0.4, 0.5) is 0 Å². The molecule has 2 aromatic rings. The summed E-state index contributed by atoms with van der Waals surface area (Å²) in [6.45, 7) is 6.70. The molecule has 0 aromatic carbocycles. The van der Waals surface area contributed by atoms with Crippen molar-refractivity contribution in [1.82, 2.24) is 14.7 Å². The van der Waals surface area contributed by atoms with Crippen molar-refractivity contribution >= 4 is 11.5 Å². The highest BCUT2D eigenvalue weighted by atomic mass is 15.1. The average molecular weight is 245 g/mol. The normalized spacial score (nSPS) is 12.9. The quantitative estimate of drug-likeness (QED) is 0.623. The van der Waals surface area contributed by atoms with Crippen molar-refractivity contribution in [2.24, 2.45) is 10.7 Å². The first-order valence-corrected chi connectivity index (χ1v) is 5.93. The summed E-state index contributed by atoms with van der Waals surface area (Å²) in [6, 6.07) is 4.05. The molecule has 2 heterocycles. The van der Waals surface area contributed by atoms with Crippen LogP contribution in [0.3, 0.4) is 0 Å². The van der Waals surface area contributed by atoms with Crippen molar-refractivity contribution in [3.8, 4) is 0 Å². The van der Waals surface area contributed by atoms with E-state index in [0.717, 1.165) is 11.1 Å². The summed E-state index contributed by atoms with van der Waals surface area (Å²) in [4.78, 5) is 8.40. The highest BCUT2D eigenvalue weighted by molar-refractivity contribution is 5.78. The van der Waals surface area contributed by atoms with Gasteiger partial charge >= 0.3 is 0 Å². The number of hydrogen-bond acceptors (Lipinski definition) is 2. The van der Waals surface area contributed by atoms with Crippen LogP contribution in [0.2, 0.25) is 0 Å². The number of hydrogen-bond donors (Lipinski definition) is 2. The molecule has 0 saturated carbocycles. The van der Waals surface area contributed by atoms with Gasteiger partial charge in [-0.1, -0.05) is 6.07 Å². The second-order valence-electron chi connectivity index (χ2n) is 5.34. The van der Waals surface area contributed by atoms with E-state index in [2.05, 4.69) is 15.3 Å². The molecule has 3 N–H and O–H groups in total. The molecule has 2 aromatic heterocycles. The lowest BCUT2D eigenvalue weighted by molar-refractivity contribution is 0.508. The second-order valence-corrected chi connectivity index (χ2v) is 5.34. The van der Waals surface area contributed by atoms with Crippen molar-refractivity contribution in [1.29, 1.82) is 0 Å². The number of nitrogens with zero attached hydrogens (tertiary/aromatic N) is 3. The maximum atomic E-state index is 5.82. The number of nitrogens with one attached hydrogen (secondary N) is 1. The van der Waals surface area contributed by atoms with E-state index in [0.29, 0.717) is 12.5 Å². The minimum atomic E-state index is -0.0676. The van der Waals surface area contributed by atoms with Crippen LogP contribution < -0.4 is 11.1 Å². The molecular formula is C13H19N5. The summed E-state index contributed by atoms with van der Waals surface area (Å²) in [5.41, 5.74) is 7.92. The average Bonchev–Trinajstić information content (AvgIpc) is 2.71. The molecule has 0 bridgehead atoms. The molecule has 5 heteroatoms. The maximum absolute atomic E-state index is 5.82. The first kappa shape index (κ1) is 12.4. The smallest absolute Gasteiger partial charge is 0.189 e. The van der Waals surface area contributed by atoms with Crippen LogP contribution in [0.5, 0.6) is 0 Å². The number of nitrogens with two attached hydrogens (primary N) is 1. The third-order valence-electron chi connectivity index (χ3n) is 2.40. The Hall–Kier alpha value is -2.04. The molecule has 0 aliphatic carbocycles. The predicted molar refractivity (Wildman–Crippen MR) is 73.4 cm³/mol. The molecule has 0 unspecified atom stereocenters. The molecule has 2 rings (SSSR count). The van der Waals surface area contributed by atoms with Gasteiger partial charge in [-0.15, -0.1) is 0 Å². The van der Waals surface area contributed by atoms with Crippen LogP contribution in [0.1, 0.15) is 26.3 Å². The molecule has 18 heavy (non-hydrogen) atoms. The molecule has 0 fully saturated rings. The third-order valence-corrected chi connectivity index (χ3v) is 2.40. The lowest BCUT2D eigenvalue weighted by Crippen LogP contribution is -2.44. The van der Waals surface area contributed by atoms with Gasteiger partial charge in [-0.25, -0.2) is 9.98 Å². The zero-order valence-electron chi connectivity index (χ0n) is 11.0. The Morgan fingerprint density at radius 1 is 1.44 bits per heavy atom. The molecule has 96 valence electrons. The van der Waals surface area contributed by atoms with Gasteiger partial charge in [0.15, 0.2) is 5.96 Å². The van der Waals surface area contributed by atoms with Crippen molar-refractivity contribution in [2.75, 3.05) is 0 Å². The molecule has 0 aliphatic rings. The Kier molecular flexibility index (Phi) is 3.23. The number of aliphatic imine (C=N–C) groups is 1. The Balaban J connectivity index is 2.07. The predicted octanol–water partition coefficient (Wildman–Crippen LogP) is 1.54. The van der Waals surface area contributed by atoms with Gasteiger partial charge < -0.3 is 15.5 Å². The van der Waals surface area contributed by atoms with Crippen LogP contribution >= 0.6 is 0 Å². The standard InChI is InChI=1S/C13H19N5/c1-13(2,3)17-12(14)16-6-10-4-5-11-7-15-9-18(11)8-10/h4-5,7-9H,6H2,1-3H3,(H3,14,16,17). The van der Waals surface area contributed by atoms with Crippen molar-refractivity contribution in [3.05, 3.63) is 36.4 Å². The Labute approximate surface area is 107 Å². The highest BCUT2D eigenvalue weighted by Crippen LogP contribution is 2.07. The van der Waals surface area contributed by atoms with Crippen LogP contribution in [0.15, 0.2) is 35.8 Å². The van der Waals surface area contributed by atoms with Gasteiger partial charge in [-0.3, -0.25) is 0 Å². The fourth-order valence-corrected chi connectivity index (χ4v) is 1.66. The fourth-order valence-electron chi connectivity index (χ4n) is 1.66. The topological polar surface area (TPSA) is 67.7 Å². The zero-order chi connectivity index (χ0) is 13.2. The summed E-state index contributed by atoms with van der Waals surface area (Å²) >= 11 is 0. The van der Waals surface area contributed by atoms with Gasteiger partial charge in [-0.2, -0.15) is 0 Å². The summed E-state index contributed by atoms with van der Waals surface area (Å²) in [6.07, 6.45) is 5.61. The minimum Gasteiger partial charge on any atom is -0.370 e. The Bertz CT molecular complexity index is 562. The molecule has 5 nitrogen and oxygen atoms in total. The van der Waals surface area contributed by atoms with Gasteiger partial charge in [0.05, 0.1) is 24.6 Å². The summed E-state index contributed by atoms with van der Waals surface area (Å²) < 4.78 is 1.97. The van der Waals surface area contributed by atoms with Crippen molar-refractivity contribution in [3.63, 3.8) is 0 Å². The van der Waals surface area contributed by atoms with Crippen molar-refractivity contribution in [2.45, 2.75) is 32.9 Å². The fraction of sp³-hybridized carbons (Fsp3) is 0.385. The Morgan fingerprint density at radius 2 is 2.22 bits per heavy atom. The zero-order valence-corrected chi connectivity index (χ0v) is 11.0. The van der Waals surface area contributed by atoms with Crippen LogP contribution in [-0.4, -0.2) is 20.9 Å². The van der Waals surface area contributed by atoms with E-state index < -0.39 is 0 Å². The van der Waals surface area contributed by atoms with E-state index in [-0.39, 0.29) is 5.54 Å². The minimum absolute atomic E-state index is 0.0676.